The van der Waals surface area contributed by atoms with Gasteiger partial charge in [0.1, 0.15) is 11.6 Å². The summed E-state index contributed by atoms with van der Waals surface area (Å²) in [5.41, 5.74) is 17.6. The molecule has 7 nitrogen and oxygen atoms in total. The SMILES string of the molecule is N=C(N)c1c(OC(=O)c2ccc(N=C(N)N)cc2)ccc2ccccc12. The Hall–Kier alpha value is -3.87. The summed E-state index contributed by atoms with van der Waals surface area (Å²) in [4.78, 5) is 16.3. The first kappa shape index (κ1) is 17.0. The lowest BCUT2D eigenvalue weighted by atomic mass is 10.0. The molecule has 0 radical (unpaired) electrons. The molecule has 0 aliphatic carbocycles. The molecule has 0 heterocycles. The van der Waals surface area contributed by atoms with E-state index in [0.717, 1.165) is 10.8 Å². The number of nitrogens with one attached hydrogen (secondary N) is 1. The first-order chi connectivity index (χ1) is 12.5. The molecule has 3 rings (SSSR count). The van der Waals surface area contributed by atoms with E-state index in [1.54, 1.807) is 30.3 Å². The molecule has 0 saturated heterocycles. The van der Waals surface area contributed by atoms with Crippen molar-refractivity contribution in [1.29, 1.82) is 5.41 Å². The molecule has 7 heteroatoms. The topological polar surface area (TPSA) is 141 Å². The van der Waals surface area contributed by atoms with Gasteiger partial charge in [0.15, 0.2) is 5.96 Å². The molecular weight excluding hydrogens is 330 g/mol. The van der Waals surface area contributed by atoms with Crippen molar-refractivity contribution >= 4 is 34.2 Å². The van der Waals surface area contributed by atoms with Crippen LogP contribution in [-0.4, -0.2) is 17.8 Å². The van der Waals surface area contributed by atoms with Crippen molar-refractivity contribution in [2.24, 2.45) is 22.2 Å². The third-order valence-corrected chi connectivity index (χ3v) is 3.72. The average Bonchev–Trinajstić information content (AvgIpc) is 2.61. The number of amidine groups is 1. The van der Waals surface area contributed by atoms with Gasteiger partial charge in [-0.15, -0.1) is 0 Å². The van der Waals surface area contributed by atoms with Crippen LogP contribution in [0.4, 0.5) is 5.69 Å². The molecule has 26 heavy (non-hydrogen) atoms. The maximum atomic E-state index is 12.4. The van der Waals surface area contributed by atoms with Crippen molar-refractivity contribution < 1.29 is 9.53 Å². The summed E-state index contributed by atoms with van der Waals surface area (Å²) in [5.74, 6) is -0.580. The van der Waals surface area contributed by atoms with Crippen molar-refractivity contribution in [1.82, 2.24) is 0 Å². The summed E-state index contributed by atoms with van der Waals surface area (Å²) in [5, 5.41) is 9.49. The molecule has 3 aromatic rings. The molecule has 7 N–H and O–H groups in total. The van der Waals surface area contributed by atoms with Gasteiger partial charge in [-0.3, -0.25) is 5.41 Å². The van der Waals surface area contributed by atoms with Gasteiger partial charge in [0.2, 0.25) is 0 Å². The van der Waals surface area contributed by atoms with Crippen molar-refractivity contribution in [2.75, 3.05) is 0 Å². The number of guanidine groups is 1. The number of carbonyl (C=O) groups excluding carboxylic acids is 1. The van der Waals surface area contributed by atoms with E-state index in [4.69, 9.17) is 27.3 Å². The van der Waals surface area contributed by atoms with Crippen LogP contribution in [0.5, 0.6) is 5.75 Å². The fourth-order valence-corrected chi connectivity index (χ4v) is 2.59. The van der Waals surface area contributed by atoms with Gasteiger partial charge in [-0.05, 0) is 41.1 Å². The van der Waals surface area contributed by atoms with E-state index in [1.165, 1.54) is 0 Å². The Labute approximate surface area is 149 Å². The maximum Gasteiger partial charge on any atom is 0.343 e. The molecule has 0 spiro atoms. The smallest absolute Gasteiger partial charge is 0.343 e. The molecule has 0 unspecified atom stereocenters. The largest absolute Gasteiger partial charge is 0.422 e. The highest BCUT2D eigenvalue weighted by Crippen LogP contribution is 2.28. The van der Waals surface area contributed by atoms with E-state index in [2.05, 4.69) is 4.99 Å². The number of esters is 1. The molecule has 130 valence electrons. The third-order valence-electron chi connectivity index (χ3n) is 3.72. The summed E-state index contributed by atoms with van der Waals surface area (Å²) in [6, 6.07) is 17.2. The number of fused-ring (bicyclic) bond motifs is 1. The molecule has 0 atom stereocenters. The van der Waals surface area contributed by atoms with E-state index in [9.17, 15) is 4.79 Å². The minimum Gasteiger partial charge on any atom is -0.422 e. The Kier molecular flexibility index (Phi) is 4.53. The van der Waals surface area contributed by atoms with Crippen LogP contribution in [0, 0.1) is 5.41 Å². The predicted octanol–water partition coefficient (Wildman–Crippen LogP) is 2.25. The standard InChI is InChI=1S/C19H17N5O2/c20-17(21)16-14-4-2-1-3-11(14)7-10-15(16)26-18(25)12-5-8-13(9-6-12)24-19(22)23/h1-10H,(H3,20,21)(H4,22,23,24). The van der Waals surface area contributed by atoms with Gasteiger partial charge in [-0.25, -0.2) is 9.79 Å². The zero-order valence-electron chi connectivity index (χ0n) is 13.8. The second-order valence-electron chi connectivity index (χ2n) is 5.55. The lowest BCUT2D eigenvalue weighted by Gasteiger charge is -2.12. The fourth-order valence-electron chi connectivity index (χ4n) is 2.59. The highest BCUT2D eigenvalue weighted by molar-refractivity contribution is 6.10. The molecule has 0 amide bonds. The molecule has 0 bridgehead atoms. The number of nitrogen functional groups attached to an aromatic ring is 1. The van der Waals surface area contributed by atoms with E-state index in [0.29, 0.717) is 16.8 Å². The quantitative estimate of drug-likeness (QED) is 0.248. The highest BCUT2D eigenvalue weighted by atomic mass is 16.5. The number of ether oxygens (including phenoxy) is 1. The normalized spacial score (nSPS) is 10.3. The third kappa shape index (κ3) is 3.46. The number of nitrogens with zero attached hydrogens (tertiary/aromatic N) is 1. The number of hydrogen-bond donors (Lipinski definition) is 4. The number of nitrogens with two attached hydrogens (primary N) is 3. The first-order valence-electron chi connectivity index (χ1n) is 7.74. The zero-order chi connectivity index (χ0) is 18.7. The van der Waals surface area contributed by atoms with Crippen LogP contribution >= 0.6 is 0 Å². The van der Waals surface area contributed by atoms with Gasteiger partial charge in [-0.1, -0.05) is 30.3 Å². The van der Waals surface area contributed by atoms with E-state index in [1.807, 2.05) is 30.3 Å². The van der Waals surface area contributed by atoms with Gasteiger partial charge in [-0.2, -0.15) is 0 Å². The summed E-state index contributed by atoms with van der Waals surface area (Å²) >= 11 is 0. The van der Waals surface area contributed by atoms with Crippen molar-refractivity contribution in [3.8, 4) is 5.75 Å². The summed E-state index contributed by atoms with van der Waals surface area (Å²) in [6.07, 6.45) is 0. The van der Waals surface area contributed by atoms with Gasteiger partial charge in [0, 0.05) is 0 Å². The fraction of sp³-hybridized carbons (Fsp3) is 0. The van der Waals surface area contributed by atoms with Gasteiger partial charge in [0.05, 0.1) is 16.8 Å². The Balaban J connectivity index is 1.93. The molecule has 0 aromatic heterocycles. The van der Waals surface area contributed by atoms with Crippen molar-refractivity contribution in [3.63, 3.8) is 0 Å². The second-order valence-corrected chi connectivity index (χ2v) is 5.55. The molecule has 0 fully saturated rings. The Morgan fingerprint density at radius 3 is 2.27 bits per heavy atom. The van der Waals surface area contributed by atoms with Gasteiger partial charge < -0.3 is 21.9 Å². The monoisotopic (exact) mass is 347 g/mol. The number of hydrogen-bond acceptors (Lipinski definition) is 4. The molecule has 0 saturated carbocycles. The predicted molar refractivity (Wildman–Crippen MR) is 102 cm³/mol. The van der Waals surface area contributed by atoms with E-state index in [-0.39, 0.29) is 17.5 Å². The van der Waals surface area contributed by atoms with E-state index < -0.39 is 5.97 Å². The molecular formula is C19H17N5O2. The van der Waals surface area contributed by atoms with Gasteiger partial charge in [0.25, 0.3) is 0 Å². The van der Waals surface area contributed by atoms with Crippen LogP contribution in [0.1, 0.15) is 15.9 Å². The summed E-state index contributed by atoms with van der Waals surface area (Å²) < 4.78 is 5.48. The minimum atomic E-state index is -0.570. The second kappa shape index (κ2) is 6.94. The van der Waals surface area contributed by atoms with Crippen LogP contribution in [0.2, 0.25) is 0 Å². The minimum absolute atomic E-state index is 0.0670. The van der Waals surface area contributed by atoms with Crippen LogP contribution in [0.3, 0.4) is 0 Å². The lowest BCUT2D eigenvalue weighted by Crippen LogP contribution is -2.21. The molecule has 0 aliphatic heterocycles. The number of rotatable bonds is 4. The zero-order valence-corrected chi connectivity index (χ0v) is 13.8. The highest BCUT2D eigenvalue weighted by Gasteiger charge is 2.16. The molecule has 0 aliphatic rings. The van der Waals surface area contributed by atoms with Crippen LogP contribution in [-0.2, 0) is 0 Å². The summed E-state index contributed by atoms with van der Waals surface area (Å²) in [7, 11) is 0. The van der Waals surface area contributed by atoms with Crippen molar-refractivity contribution in [2.45, 2.75) is 0 Å². The Morgan fingerprint density at radius 2 is 1.62 bits per heavy atom. The Bertz CT molecular complexity index is 1020. The number of aliphatic imine (C=N–C) groups is 1. The summed E-state index contributed by atoms with van der Waals surface area (Å²) in [6.45, 7) is 0. The average molecular weight is 347 g/mol. The maximum absolute atomic E-state index is 12.4. The van der Waals surface area contributed by atoms with Crippen LogP contribution < -0.4 is 21.9 Å². The number of benzene rings is 3. The van der Waals surface area contributed by atoms with Crippen molar-refractivity contribution in [3.05, 3.63) is 71.8 Å². The van der Waals surface area contributed by atoms with E-state index >= 15 is 0 Å². The van der Waals surface area contributed by atoms with Gasteiger partial charge >= 0.3 is 5.97 Å². The van der Waals surface area contributed by atoms with Crippen LogP contribution in [0.15, 0.2) is 65.7 Å². The number of carbonyl (C=O) groups is 1. The van der Waals surface area contributed by atoms with Crippen LogP contribution in [0.25, 0.3) is 10.8 Å². The first-order valence-corrected chi connectivity index (χ1v) is 7.74. The Morgan fingerprint density at radius 1 is 0.923 bits per heavy atom. The molecule has 3 aromatic carbocycles. The lowest BCUT2D eigenvalue weighted by molar-refractivity contribution is 0.0734.